The van der Waals surface area contributed by atoms with E-state index in [0.717, 1.165) is 0 Å². The van der Waals surface area contributed by atoms with Crippen LogP contribution in [0.15, 0.2) is 24.3 Å². The van der Waals surface area contributed by atoms with Crippen molar-refractivity contribution in [2.24, 2.45) is 0 Å². The van der Waals surface area contributed by atoms with Gasteiger partial charge in [0.15, 0.2) is 0 Å². The van der Waals surface area contributed by atoms with E-state index in [4.69, 9.17) is 0 Å². The zero-order chi connectivity index (χ0) is 11.4. The van der Waals surface area contributed by atoms with Crippen LogP contribution >= 0.6 is 0 Å². The topological polar surface area (TPSA) is 12.0 Å². The first-order valence-corrected chi connectivity index (χ1v) is 6.61. The van der Waals surface area contributed by atoms with Gasteiger partial charge in [-0.15, -0.1) is 0 Å². The summed E-state index contributed by atoms with van der Waals surface area (Å²) in [5, 5.41) is 3.69. The zero-order valence-electron chi connectivity index (χ0n) is 10.5. The van der Waals surface area contributed by atoms with Crippen molar-refractivity contribution in [3.8, 4) is 0 Å². The minimum Gasteiger partial charge on any atom is -0.313 e. The maximum absolute atomic E-state index is 3.69. The molecule has 1 nitrogen and oxygen atoms in total. The van der Waals surface area contributed by atoms with Crippen LogP contribution in [0.5, 0.6) is 0 Å². The minimum absolute atomic E-state index is 0.695. The van der Waals surface area contributed by atoms with E-state index in [-0.39, 0.29) is 0 Å². The van der Waals surface area contributed by atoms with Gasteiger partial charge in [0.1, 0.15) is 0 Å². The van der Waals surface area contributed by atoms with Gasteiger partial charge in [0.25, 0.3) is 0 Å². The molecule has 0 radical (unpaired) electrons. The van der Waals surface area contributed by atoms with Crippen molar-refractivity contribution in [2.75, 3.05) is 6.54 Å². The number of piperidine rings is 1. The molecular weight excluding hydrogens is 194 g/mol. The van der Waals surface area contributed by atoms with E-state index in [0.29, 0.717) is 12.0 Å². The molecule has 1 aliphatic heterocycles. The van der Waals surface area contributed by atoms with E-state index < -0.39 is 0 Å². The van der Waals surface area contributed by atoms with Crippen molar-refractivity contribution in [3.05, 3.63) is 35.4 Å². The van der Waals surface area contributed by atoms with Gasteiger partial charge in [0.05, 0.1) is 0 Å². The maximum Gasteiger partial charge on any atom is 0.0136 e. The highest BCUT2D eigenvalue weighted by atomic mass is 14.9. The quantitative estimate of drug-likeness (QED) is 0.815. The number of nitrogens with one attached hydrogen (secondary N) is 1. The van der Waals surface area contributed by atoms with E-state index in [2.05, 4.69) is 43.4 Å². The first-order chi connectivity index (χ1) is 7.81. The molecule has 1 aliphatic rings. The van der Waals surface area contributed by atoms with E-state index in [9.17, 15) is 0 Å². The molecule has 0 saturated carbocycles. The Labute approximate surface area is 99.3 Å². The number of hydrogen-bond donors (Lipinski definition) is 1. The highest BCUT2D eigenvalue weighted by Crippen LogP contribution is 2.28. The molecule has 1 unspecified atom stereocenters. The van der Waals surface area contributed by atoms with Gasteiger partial charge in [-0.25, -0.2) is 0 Å². The molecule has 1 heteroatoms. The monoisotopic (exact) mass is 217 g/mol. The van der Waals surface area contributed by atoms with Crippen LogP contribution in [0.1, 0.15) is 49.7 Å². The summed E-state index contributed by atoms with van der Waals surface area (Å²) < 4.78 is 0. The van der Waals surface area contributed by atoms with Crippen LogP contribution < -0.4 is 5.32 Å². The van der Waals surface area contributed by atoms with Gasteiger partial charge >= 0.3 is 0 Å². The lowest BCUT2D eigenvalue weighted by Crippen LogP contribution is -2.38. The Morgan fingerprint density at radius 1 is 1.38 bits per heavy atom. The van der Waals surface area contributed by atoms with Crippen LogP contribution in [-0.2, 0) is 0 Å². The molecule has 1 aromatic carbocycles. The van der Waals surface area contributed by atoms with Gasteiger partial charge in [-0.3, -0.25) is 0 Å². The normalized spacial score (nSPS) is 23.0. The summed E-state index contributed by atoms with van der Waals surface area (Å²) in [6, 6.07) is 9.71. The highest BCUT2D eigenvalue weighted by molar-refractivity contribution is 5.26. The van der Waals surface area contributed by atoms with Crippen molar-refractivity contribution in [1.82, 2.24) is 5.32 Å². The van der Waals surface area contributed by atoms with Gasteiger partial charge in [-0.1, -0.05) is 43.2 Å². The summed E-state index contributed by atoms with van der Waals surface area (Å²) in [5.74, 6) is 0.695. The van der Waals surface area contributed by atoms with Crippen molar-refractivity contribution in [2.45, 2.75) is 51.5 Å². The van der Waals surface area contributed by atoms with Gasteiger partial charge in [0, 0.05) is 6.04 Å². The molecule has 16 heavy (non-hydrogen) atoms. The molecule has 1 heterocycles. The molecular formula is C15H23N. The standard InChI is InChI=1S/C15H23N/c1-3-14(15-9-4-5-10-16-15)13-8-6-7-12(2)11-13/h6-8,11,14-16H,3-5,9-10H2,1-2H3/t14?,15-/m0/s1. The second-order valence-corrected chi connectivity index (χ2v) is 4.99. The Balaban J connectivity index is 2.14. The molecule has 0 bridgehead atoms. The Morgan fingerprint density at radius 2 is 2.25 bits per heavy atom. The summed E-state index contributed by atoms with van der Waals surface area (Å²) in [5.41, 5.74) is 2.90. The lowest BCUT2D eigenvalue weighted by molar-refractivity contribution is 0.344. The predicted octanol–water partition coefficient (Wildman–Crippen LogP) is 3.63. The molecule has 0 amide bonds. The van der Waals surface area contributed by atoms with Gasteiger partial charge in [-0.05, 0) is 44.2 Å². The largest absolute Gasteiger partial charge is 0.313 e. The summed E-state index contributed by atoms with van der Waals surface area (Å²) in [4.78, 5) is 0. The van der Waals surface area contributed by atoms with E-state index in [1.54, 1.807) is 0 Å². The van der Waals surface area contributed by atoms with Crippen molar-refractivity contribution < 1.29 is 0 Å². The molecule has 1 fully saturated rings. The van der Waals surface area contributed by atoms with Gasteiger partial charge in [0.2, 0.25) is 0 Å². The molecule has 0 aromatic heterocycles. The molecule has 0 aliphatic carbocycles. The summed E-state index contributed by atoms with van der Waals surface area (Å²) in [7, 11) is 0. The second kappa shape index (κ2) is 5.49. The smallest absolute Gasteiger partial charge is 0.0136 e. The first-order valence-electron chi connectivity index (χ1n) is 6.61. The molecule has 0 spiro atoms. The maximum atomic E-state index is 3.69. The third-order valence-corrected chi connectivity index (χ3v) is 3.74. The second-order valence-electron chi connectivity index (χ2n) is 4.99. The van der Waals surface area contributed by atoms with Crippen LogP contribution in [0.2, 0.25) is 0 Å². The number of benzene rings is 1. The van der Waals surface area contributed by atoms with Crippen molar-refractivity contribution in [3.63, 3.8) is 0 Å². The minimum atomic E-state index is 0.695. The van der Waals surface area contributed by atoms with Gasteiger partial charge in [-0.2, -0.15) is 0 Å². The fraction of sp³-hybridized carbons (Fsp3) is 0.600. The molecule has 2 rings (SSSR count). The molecule has 1 N–H and O–H groups in total. The fourth-order valence-electron chi connectivity index (χ4n) is 2.88. The average Bonchev–Trinajstić information content (AvgIpc) is 2.31. The molecule has 2 atom stereocenters. The molecule has 1 saturated heterocycles. The molecule has 88 valence electrons. The Kier molecular flexibility index (Phi) is 4.00. The van der Waals surface area contributed by atoms with Crippen molar-refractivity contribution in [1.29, 1.82) is 0 Å². The number of hydrogen-bond acceptors (Lipinski definition) is 1. The van der Waals surface area contributed by atoms with Crippen LogP contribution in [-0.4, -0.2) is 12.6 Å². The third kappa shape index (κ3) is 2.65. The zero-order valence-corrected chi connectivity index (χ0v) is 10.5. The summed E-state index contributed by atoms with van der Waals surface area (Å²) >= 11 is 0. The van der Waals surface area contributed by atoms with Crippen LogP contribution in [0.4, 0.5) is 0 Å². The first kappa shape index (κ1) is 11.7. The van der Waals surface area contributed by atoms with Crippen molar-refractivity contribution >= 4 is 0 Å². The lowest BCUT2D eigenvalue weighted by Gasteiger charge is -2.31. The average molecular weight is 217 g/mol. The third-order valence-electron chi connectivity index (χ3n) is 3.74. The Bertz CT molecular complexity index is 326. The van der Waals surface area contributed by atoms with Crippen LogP contribution in [0, 0.1) is 6.92 Å². The van der Waals surface area contributed by atoms with E-state index in [1.807, 2.05) is 0 Å². The Hall–Kier alpha value is -0.820. The lowest BCUT2D eigenvalue weighted by atomic mass is 9.84. The summed E-state index contributed by atoms with van der Waals surface area (Å²) in [6.07, 6.45) is 5.31. The van der Waals surface area contributed by atoms with Crippen LogP contribution in [0.25, 0.3) is 0 Å². The van der Waals surface area contributed by atoms with E-state index >= 15 is 0 Å². The Morgan fingerprint density at radius 3 is 2.88 bits per heavy atom. The van der Waals surface area contributed by atoms with Crippen LogP contribution in [0.3, 0.4) is 0 Å². The number of aryl methyl sites for hydroxylation is 1. The highest BCUT2D eigenvalue weighted by Gasteiger charge is 2.22. The fourth-order valence-corrected chi connectivity index (χ4v) is 2.88. The number of rotatable bonds is 3. The van der Waals surface area contributed by atoms with E-state index in [1.165, 1.54) is 43.4 Å². The summed E-state index contributed by atoms with van der Waals surface area (Å²) in [6.45, 7) is 5.70. The SMILES string of the molecule is CCC(c1cccc(C)c1)[C@@H]1CCCCN1. The predicted molar refractivity (Wildman–Crippen MR) is 69.9 cm³/mol. The molecule has 1 aromatic rings. The van der Waals surface area contributed by atoms with Gasteiger partial charge < -0.3 is 5.32 Å².